The Morgan fingerprint density at radius 1 is 1.00 bits per heavy atom. The molecule has 3 amide bonds. The number of alkyl halides is 5. The summed E-state index contributed by atoms with van der Waals surface area (Å²) in [6.07, 6.45) is -5.29. The topological polar surface area (TPSA) is 43.9 Å². The molecule has 212 valence electrons. The lowest BCUT2D eigenvalue weighted by atomic mass is 9.86. The van der Waals surface area contributed by atoms with Crippen LogP contribution in [0.25, 0.3) is 0 Å². The molecular weight excluding hydrogens is 548 g/mol. The molecule has 2 unspecified atom stereocenters. The summed E-state index contributed by atoms with van der Waals surface area (Å²) in [5.41, 5.74) is -0.414. The summed E-state index contributed by atoms with van der Waals surface area (Å²) >= 11 is 5.90. The van der Waals surface area contributed by atoms with Crippen LogP contribution in [-0.4, -0.2) is 60.9 Å². The van der Waals surface area contributed by atoms with Crippen LogP contribution < -0.4 is 4.90 Å². The van der Waals surface area contributed by atoms with Crippen molar-refractivity contribution >= 4 is 29.2 Å². The second-order valence-corrected chi connectivity index (χ2v) is 10.7. The first-order chi connectivity index (χ1) is 18.2. The van der Waals surface area contributed by atoms with Gasteiger partial charge >= 0.3 is 12.2 Å². The molecule has 2 aromatic carbocycles. The number of carbonyl (C=O) groups is 2. The van der Waals surface area contributed by atoms with Gasteiger partial charge in [0.05, 0.1) is 11.6 Å². The predicted molar refractivity (Wildman–Crippen MR) is 134 cm³/mol. The summed E-state index contributed by atoms with van der Waals surface area (Å²) in [5, 5.41) is -0.193. The summed E-state index contributed by atoms with van der Waals surface area (Å²) in [6, 6.07) is 7.20. The van der Waals surface area contributed by atoms with Crippen LogP contribution in [0.1, 0.15) is 42.7 Å². The first-order valence-corrected chi connectivity index (χ1v) is 12.8. The molecule has 5 nitrogen and oxygen atoms in total. The monoisotopic (exact) mass is 575 g/mol. The minimum Gasteiger partial charge on any atom is -0.340 e. The maximum Gasteiger partial charge on any atom is 0.416 e. The molecule has 39 heavy (non-hydrogen) atoms. The molecule has 2 aliphatic rings. The maximum atomic E-state index is 13.6. The van der Waals surface area contributed by atoms with E-state index in [1.54, 1.807) is 12.1 Å². The van der Waals surface area contributed by atoms with Crippen molar-refractivity contribution in [1.82, 2.24) is 9.80 Å². The minimum atomic E-state index is -4.67. The molecule has 1 saturated carbocycles. The van der Waals surface area contributed by atoms with E-state index in [0.29, 0.717) is 5.56 Å². The van der Waals surface area contributed by atoms with Crippen LogP contribution in [-0.2, 0) is 11.0 Å². The number of amides is 3. The van der Waals surface area contributed by atoms with E-state index in [1.807, 2.05) is 0 Å². The fourth-order valence-electron chi connectivity index (χ4n) is 5.36. The first-order valence-electron chi connectivity index (χ1n) is 12.5. The fourth-order valence-corrected chi connectivity index (χ4v) is 5.59. The Labute approximate surface area is 227 Å². The SMILES string of the molecule is CN(C(=O)N(C)C1CN(C(=O)C2CCC(F)(F)CC2)CC1c1ccc(F)cc1)c1cc(Cl)cc(C(F)(F)F)c1. The highest BCUT2D eigenvalue weighted by atomic mass is 35.5. The molecule has 0 N–H and O–H groups in total. The number of rotatable bonds is 4. The van der Waals surface area contributed by atoms with Crippen molar-refractivity contribution < 1.29 is 35.9 Å². The highest BCUT2D eigenvalue weighted by molar-refractivity contribution is 6.31. The van der Waals surface area contributed by atoms with Crippen molar-refractivity contribution in [3.8, 4) is 0 Å². The van der Waals surface area contributed by atoms with Gasteiger partial charge in [0, 0.05) is 62.6 Å². The van der Waals surface area contributed by atoms with E-state index in [9.17, 15) is 35.9 Å². The Morgan fingerprint density at radius 3 is 2.21 bits per heavy atom. The number of anilines is 1. The van der Waals surface area contributed by atoms with E-state index in [2.05, 4.69) is 0 Å². The van der Waals surface area contributed by atoms with Crippen molar-refractivity contribution in [2.24, 2.45) is 5.92 Å². The zero-order chi connectivity index (χ0) is 28.7. The molecule has 2 fully saturated rings. The van der Waals surface area contributed by atoms with Crippen molar-refractivity contribution in [2.45, 2.75) is 49.7 Å². The molecule has 0 spiro atoms. The normalized spacial score (nSPS) is 21.6. The predicted octanol–water partition coefficient (Wildman–Crippen LogP) is 6.81. The zero-order valence-electron chi connectivity index (χ0n) is 21.3. The van der Waals surface area contributed by atoms with E-state index in [1.165, 1.54) is 42.1 Å². The van der Waals surface area contributed by atoms with Gasteiger partial charge in [-0.2, -0.15) is 13.2 Å². The number of hydrogen-bond acceptors (Lipinski definition) is 2. The summed E-state index contributed by atoms with van der Waals surface area (Å²) in [4.78, 5) is 30.7. The molecule has 4 rings (SSSR count). The highest BCUT2D eigenvalue weighted by Crippen LogP contribution is 2.39. The molecule has 1 heterocycles. The van der Waals surface area contributed by atoms with Crippen LogP contribution in [0.15, 0.2) is 42.5 Å². The highest BCUT2D eigenvalue weighted by Gasteiger charge is 2.44. The van der Waals surface area contributed by atoms with Crippen molar-refractivity contribution in [3.05, 3.63) is 64.4 Å². The van der Waals surface area contributed by atoms with E-state index in [4.69, 9.17) is 11.6 Å². The number of urea groups is 1. The van der Waals surface area contributed by atoms with Crippen LogP contribution in [0.5, 0.6) is 0 Å². The van der Waals surface area contributed by atoms with Crippen LogP contribution in [0.2, 0.25) is 5.02 Å². The van der Waals surface area contributed by atoms with Gasteiger partial charge in [-0.15, -0.1) is 0 Å². The van der Waals surface area contributed by atoms with E-state index in [-0.39, 0.29) is 55.4 Å². The summed E-state index contributed by atoms with van der Waals surface area (Å²) in [6.45, 7) is 0.270. The largest absolute Gasteiger partial charge is 0.416 e. The molecule has 0 radical (unpaired) electrons. The van der Waals surface area contributed by atoms with E-state index >= 15 is 0 Å². The van der Waals surface area contributed by atoms with Crippen LogP contribution in [0.4, 0.5) is 36.8 Å². The third kappa shape index (κ3) is 6.45. The minimum absolute atomic E-state index is 0.0576. The molecule has 0 bridgehead atoms. The lowest BCUT2D eigenvalue weighted by molar-refractivity contribution is -0.139. The molecule has 1 aliphatic carbocycles. The van der Waals surface area contributed by atoms with Gasteiger partial charge in [-0.1, -0.05) is 23.7 Å². The van der Waals surface area contributed by atoms with Gasteiger partial charge in [-0.05, 0) is 48.7 Å². The van der Waals surface area contributed by atoms with Gasteiger partial charge in [0.1, 0.15) is 5.82 Å². The van der Waals surface area contributed by atoms with Gasteiger partial charge in [-0.25, -0.2) is 18.0 Å². The number of likely N-dealkylation sites (tertiary alicyclic amines) is 1. The third-order valence-corrected chi connectivity index (χ3v) is 7.87. The standard InChI is InChI=1S/C27H28ClF6N3O2/c1-35(21-12-18(27(32,33)34)11-19(28)13-21)25(39)36(2)23-15-37(14-22(23)16-3-5-20(29)6-4-16)24(38)17-7-9-26(30,31)10-8-17/h3-6,11-13,17,22-23H,7-10,14-15H2,1-2H3. The molecule has 12 heteroatoms. The van der Waals surface area contributed by atoms with Crippen molar-refractivity contribution in [2.75, 3.05) is 32.1 Å². The Kier molecular flexibility index (Phi) is 8.12. The van der Waals surface area contributed by atoms with Crippen LogP contribution >= 0.6 is 11.6 Å². The lowest BCUT2D eigenvalue weighted by Gasteiger charge is -2.33. The molecule has 1 aliphatic heterocycles. The van der Waals surface area contributed by atoms with E-state index < -0.39 is 47.4 Å². The van der Waals surface area contributed by atoms with Gasteiger partial charge in [-0.3, -0.25) is 9.69 Å². The van der Waals surface area contributed by atoms with Gasteiger partial charge < -0.3 is 9.80 Å². The maximum absolute atomic E-state index is 13.6. The van der Waals surface area contributed by atoms with Crippen LogP contribution in [0, 0.1) is 11.7 Å². The van der Waals surface area contributed by atoms with Crippen molar-refractivity contribution in [1.29, 1.82) is 0 Å². The summed E-state index contributed by atoms with van der Waals surface area (Å²) in [7, 11) is 2.79. The number of likely N-dealkylation sites (N-methyl/N-ethyl adjacent to an activating group) is 1. The molecule has 1 saturated heterocycles. The lowest BCUT2D eigenvalue weighted by Crippen LogP contribution is -2.48. The Hall–Kier alpha value is -2.95. The quantitative estimate of drug-likeness (QED) is 0.376. The van der Waals surface area contributed by atoms with Crippen molar-refractivity contribution in [3.63, 3.8) is 0 Å². The second-order valence-electron chi connectivity index (χ2n) is 10.2. The van der Waals surface area contributed by atoms with Gasteiger partial charge in [0.2, 0.25) is 11.8 Å². The van der Waals surface area contributed by atoms with Gasteiger partial charge in [0.25, 0.3) is 0 Å². The summed E-state index contributed by atoms with van der Waals surface area (Å²) in [5.74, 6) is -4.53. The molecule has 2 atom stereocenters. The van der Waals surface area contributed by atoms with Gasteiger partial charge in [0.15, 0.2) is 0 Å². The number of nitrogens with zero attached hydrogens (tertiary/aromatic N) is 3. The second kappa shape index (κ2) is 10.9. The molecule has 0 aromatic heterocycles. The summed E-state index contributed by atoms with van der Waals surface area (Å²) < 4.78 is 80.9. The van der Waals surface area contributed by atoms with E-state index in [0.717, 1.165) is 17.0 Å². The average Bonchev–Trinajstić information content (AvgIpc) is 3.32. The van der Waals surface area contributed by atoms with Crippen LogP contribution in [0.3, 0.4) is 0 Å². The third-order valence-electron chi connectivity index (χ3n) is 7.65. The zero-order valence-corrected chi connectivity index (χ0v) is 22.1. The number of carbonyl (C=O) groups excluding carboxylic acids is 2. The number of halogens is 7. The smallest absolute Gasteiger partial charge is 0.340 e. The Bertz CT molecular complexity index is 1210. The number of hydrogen-bond donors (Lipinski definition) is 0. The first kappa shape index (κ1) is 29.0. The Morgan fingerprint density at radius 2 is 1.62 bits per heavy atom. The average molecular weight is 576 g/mol. The Balaban J connectivity index is 1.58. The number of benzene rings is 2. The molecule has 2 aromatic rings. The molecular formula is C27H28ClF6N3O2. The fraction of sp³-hybridized carbons (Fsp3) is 0.481.